The van der Waals surface area contributed by atoms with Crippen molar-refractivity contribution in [2.24, 2.45) is 5.92 Å². The van der Waals surface area contributed by atoms with Crippen LogP contribution in [0.2, 0.25) is 0 Å². The molecule has 0 aromatic carbocycles. The van der Waals surface area contributed by atoms with Gasteiger partial charge in [0.15, 0.2) is 0 Å². The zero-order chi connectivity index (χ0) is 8.97. The van der Waals surface area contributed by atoms with Crippen molar-refractivity contribution in [2.75, 3.05) is 18.6 Å². The molecule has 0 bridgehead atoms. The van der Waals surface area contributed by atoms with Crippen molar-refractivity contribution in [3.63, 3.8) is 0 Å². The first-order valence-electron chi connectivity index (χ1n) is 4.02. The van der Waals surface area contributed by atoms with Gasteiger partial charge in [-0.2, -0.15) is 11.8 Å². The Morgan fingerprint density at radius 2 is 2.25 bits per heavy atom. The molecule has 3 nitrogen and oxygen atoms in total. The van der Waals surface area contributed by atoms with Crippen molar-refractivity contribution in [3.8, 4) is 0 Å². The van der Waals surface area contributed by atoms with Crippen molar-refractivity contribution >= 4 is 23.5 Å². The van der Waals surface area contributed by atoms with E-state index >= 15 is 0 Å². The molecule has 12 heavy (non-hydrogen) atoms. The maximum Gasteiger partial charge on any atom is 0.220 e. The lowest BCUT2D eigenvalue weighted by molar-refractivity contribution is -0.124. The van der Waals surface area contributed by atoms with Crippen molar-refractivity contribution < 1.29 is 9.59 Å². The number of hydrogen-bond acceptors (Lipinski definition) is 3. The molecule has 0 aromatic rings. The predicted octanol–water partition coefficient (Wildman–Crippen LogP) is 0.445. The van der Waals surface area contributed by atoms with E-state index < -0.39 is 0 Å². The van der Waals surface area contributed by atoms with Crippen LogP contribution in [-0.4, -0.2) is 30.2 Å². The molecule has 1 atom stereocenters. The number of amides is 1. The largest absolute Gasteiger partial charge is 0.355 e. The molecule has 0 spiro atoms. The Hall–Kier alpha value is -0.510. The zero-order valence-corrected chi connectivity index (χ0v) is 7.95. The molecule has 1 rings (SSSR count). The van der Waals surface area contributed by atoms with Gasteiger partial charge in [-0.05, 0) is 6.26 Å². The van der Waals surface area contributed by atoms with E-state index in [1.54, 1.807) is 11.8 Å². The molecule has 1 amide bonds. The molecule has 1 fully saturated rings. The van der Waals surface area contributed by atoms with Crippen LogP contribution in [0.1, 0.15) is 12.8 Å². The second kappa shape index (κ2) is 4.50. The van der Waals surface area contributed by atoms with Crippen LogP contribution in [0.3, 0.4) is 0 Å². The summed E-state index contributed by atoms with van der Waals surface area (Å²) in [5.41, 5.74) is 0. The summed E-state index contributed by atoms with van der Waals surface area (Å²) in [5, 5.41) is 2.74. The number of ketones is 1. The van der Waals surface area contributed by atoms with Crippen molar-refractivity contribution in [2.45, 2.75) is 12.8 Å². The van der Waals surface area contributed by atoms with E-state index in [1.165, 1.54) is 0 Å². The summed E-state index contributed by atoms with van der Waals surface area (Å²) in [7, 11) is 0. The molecule has 1 unspecified atom stereocenters. The average molecular weight is 187 g/mol. The lowest BCUT2D eigenvalue weighted by Crippen LogP contribution is -2.29. The maximum atomic E-state index is 11.3. The van der Waals surface area contributed by atoms with E-state index in [1.807, 2.05) is 6.26 Å². The van der Waals surface area contributed by atoms with Gasteiger partial charge in [-0.1, -0.05) is 0 Å². The molecule has 4 heteroatoms. The number of rotatable bonds is 2. The summed E-state index contributed by atoms with van der Waals surface area (Å²) in [6.45, 7) is 0.526. The van der Waals surface area contributed by atoms with Gasteiger partial charge in [0, 0.05) is 31.1 Å². The first-order chi connectivity index (χ1) is 5.74. The number of nitrogens with one attached hydrogen (secondary N) is 1. The van der Waals surface area contributed by atoms with Crippen molar-refractivity contribution in [1.29, 1.82) is 0 Å². The molecular weight excluding hydrogens is 174 g/mol. The highest BCUT2D eigenvalue weighted by atomic mass is 32.2. The second-order valence-electron chi connectivity index (χ2n) is 2.92. The van der Waals surface area contributed by atoms with Crippen LogP contribution >= 0.6 is 11.8 Å². The molecule has 1 aliphatic rings. The van der Waals surface area contributed by atoms with Gasteiger partial charge in [-0.3, -0.25) is 9.59 Å². The van der Waals surface area contributed by atoms with Gasteiger partial charge in [-0.15, -0.1) is 0 Å². The third-order valence-electron chi connectivity index (χ3n) is 1.97. The van der Waals surface area contributed by atoms with Gasteiger partial charge >= 0.3 is 0 Å². The van der Waals surface area contributed by atoms with Crippen LogP contribution in [-0.2, 0) is 9.59 Å². The van der Waals surface area contributed by atoms with Crippen LogP contribution in [0, 0.1) is 5.92 Å². The van der Waals surface area contributed by atoms with E-state index in [9.17, 15) is 9.59 Å². The minimum Gasteiger partial charge on any atom is -0.355 e. The first-order valence-corrected chi connectivity index (χ1v) is 5.41. The Morgan fingerprint density at radius 3 is 2.92 bits per heavy atom. The molecule has 0 aromatic heterocycles. The smallest absolute Gasteiger partial charge is 0.220 e. The van der Waals surface area contributed by atoms with Crippen LogP contribution < -0.4 is 5.32 Å². The molecule has 1 aliphatic heterocycles. The SMILES string of the molecule is CSCC1CNC(=O)CCC1=O. The lowest BCUT2D eigenvalue weighted by Gasteiger charge is -2.09. The summed E-state index contributed by atoms with van der Waals surface area (Å²) in [4.78, 5) is 22.3. The number of carbonyl (C=O) groups is 2. The van der Waals surface area contributed by atoms with Gasteiger partial charge in [0.25, 0.3) is 0 Å². The number of carbonyl (C=O) groups excluding carboxylic acids is 2. The highest BCUT2D eigenvalue weighted by Crippen LogP contribution is 2.12. The molecule has 0 aliphatic carbocycles. The van der Waals surface area contributed by atoms with Crippen LogP contribution in [0.15, 0.2) is 0 Å². The molecule has 1 N–H and O–H groups in total. The monoisotopic (exact) mass is 187 g/mol. The van der Waals surface area contributed by atoms with Crippen molar-refractivity contribution in [1.82, 2.24) is 5.32 Å². The fourth-order valence-electron chi connectivity index (χ4n) is 1.23. The van der Waals surface area contributed by atoms with Crippen LogP contribution in [0.25, 0.3) is 0 Å². The predicted molar refractivity (Wildman–Crippen MR) is 49.1 cm³/mol. The fourth-order valence-corrected chi connectivity index (χ4v) is 1.94. The fraction of sp³-hybridized carbons (Fsp3) is 0.750. The molecule has 0 saturated carbocycles. The standard InChI is InChI=1S/C8H13NO2S/c1-12-5-6-4-9-8(11)3-2-7(6)10/h6H,2-5H2,1H3,(H,9,11). The molecule has 0 radical (unpaired) electrons. The minimum absolute atomic E-state index is 0.00644. The summed E-state index contributed by atoms with van der Waals surface area (Å²) < 4.78 is 0. The summed E-state index contributed by atoms with van der Waals surface area (Å²) in [5.74, 6) is 1.08. The van der Waals surface area contributed by atoms with Gasteiger partial charge in [-0.25, -0.2) is 0 Å². The van der Waals surface area contributed by atoms with E-state index in [-0.39, 0.29) is 17.6 Å². The molecule has 1 heterocycles. The third-order valence-corrected chi connectivity index (χ3v) is 2.70. The number of hydrogen-bond donors (Lipinski definition) is 1. The number of thioether (sulfide) groups is 1. The topological polar surface area (TPSA) is 46.2 Å². The Morgan fingerprint density at radius 1 is 1.50 bits per heavy atom. The first kappa shape index (κ1) is 9.58. The second-order valence-corrected chi connectivity index (χ2v) is 3.83. The molecule has 68 valence electrons. The van der Waals surface area contributed by atoms with Gasteiger partial charge in [0.2, 0.25) is 5.91 Å². The summed E-state index contributed by atoms with van der Waals surface area (Å²) in [6.07, 6.45) is 2.75. The molecular formula is C8H13NO2S. The van der Waals surface area contributed by atoms with E-state index in [0.29, 0.717) is 19.4 Å². The van der Waals surface area contributed by atoms with Crippen LogP contribution in [0.5, 0.6) is 0 Å². The van der Waals surface area contributed by atoms with Gasteiger partial charge in [0.05, 0.1) is 0 Å². The van der Waals surface area contributed by atoms with Crippen LogP contribution in [0.4, 0.5) is 0 Å². The third kappa shape index (κ3) is 2.52. The highest BCUT2D eigenvalue weighted by molar-refractivity contribution is 7.98. The highest BCUT2D eigenvalue weighted by Gasteiger charge is 2.22. The average Bonchev–Trinajstić information content (AvgIpc) is 2.20. The van der Waals surface area contributed by atoms with E-state index in [0.717, 1.165) is 5.75 Å². The van der Waals surface area contributed by atoms with Gasteiger partial charge in [0.1, 0.15) is 5.78 Å². The van der Waals surface area contributed by atoms with E-state index in [2.05, 4.69) is 5.32 Å². The summed E-state index contributed by atoms with van der Waals surface area (Å²) in [6, 6.07) is 0. The minimum atomic E-state index is 0.00644. The van der Waals surface area contributed by atoms with Crippen molar-refractivity contribution in [3.05, 3.63) is 0 Å². The van der Waals surface area contributed by atoms with Gasteiger partial charge < -0.3 is 5.32 Å². The zero-order valence-electron chi connectivity index (χ0n) is 7.13. The number of Topliss-reactive ketones (excluding diaryl/α,β-unsaturated/α-hetero) is 1. The Labute approximate surface area is 76.3 Å². The Kier molecular flexibility index (Phi) is 3.59. The van der Waals surface area contributed by atoms with E-state index in [4.69, 9.17) is 0 Å². The summed E-state index contributed by atoms with van der Waals surface area (Å²) >= 11 is 1.65. The quantitative estimate of drug-likeness (QED) is 0.682. The molecule has 1 saturated heterocycles. The Bertz CT molecular complexity index is 193. The lowest BCUT2D eigenvalue weighted by atomic mass is 10.0. The normalized spacial score (nSPS) is 24.9. The maximum absolute atomic E-state index is 11.3. The Balaban J connectivity index is 2.50.